The normalized spacial score (nSPS) is 25.7. The van der Waals surface area contributed by atoms with Gasteiger partial charge in [0.2, 0.25) is 0 Å². The maximum Gasteiger partial charge on any atom is 0.0344 e. The topological polar surface area (TPSA) is 32.5 Å². The van der Waals surface area contributed by atoms with Crippen LogP contribution in [-0.2, 0) is 0 Å². The second-order valence-electron chi connectivity index (χ2n) is 6.06. The summed E-state index contributed by atoms with van der Waals surface area (Å²) in [5.41, 5.74) is 6.49. The van der Waals surface area contributed by atoms with Crippen molar-refractivity contribution in [1.82, 2.24) is 9.80 Å². The van der Waals surface area contributed by atoms with Gasteiger partial charge in [-0.2, -0.15) is 0 Å². The van der Waals surface area contributed by atoms with E-state index < -0.39 is 0 Å². The average Bonchev–Trinajstić information content (AvgIpc) is 2.64. The summed E-state index contributed by atoms with van der Waals surface area (Å²) in [6, 6.07) is 0. The summed E-state index contributed by atoms with van der Waals surface area (Å²) in [5.74, 6) is 0. The Hall–Kier alpha value is -0.120. The predicted molar refractivity (Wildman–Crippen MR) is 84.5 cm³/mol. The summed E-state index contributed by atoms with van der Waals surface area (Å²) < 4.78 is 0. The van der Waals surface area contributed by atoms with Crippen LogP contribution in [0.25, 0.3) is 0 Å². The summed E-state index contributed by atoms with van der Waals surface area (Å²) >= 11 is 0. The van der Waals surface area contributed by atoms with Gasteiger partial charge < -0.3 is 10.6 Å². The Labute approximate surface area is 120 Å². The fraction of sp³-hybridized carbons (Fsp3) is 1.00. The molecule has 0 radical (unpaired) electrons. The SMILES string of the molecule is CCCCN(CC)C1(CN)CCCN(CCC)CC1. The Kier molecular flexibility index (Phi) is 7.96. The van der Waals surface area contributed by atoms with Crippen LogP contribution in [0.5, 0.6) is 0 Å². The van der Waals surface area contributed by atoms with Crippen molar-refractivity contribution < 1.29 is 0 Å². The second-order valence-corrected chi connectivity index (χ2v) is 6.06. The van der Waals surface area contributed by atoms with E-state index in [1.807, 2.05) is 0 Å². The minimum Gasteiger partial charge on any atom is -0.329 e. The lowest BCUT2D eigenvalue weighted by Gasteiger charge is -2.43. The number of rotatable bonds is 8. The smallest absolute Gasteiger partial charge is 0.0344 e. The molecule has 0 spiro atoms. The molecule has 114 valence electrons. The Morgan fingerprint density at radius 2 is 1.89 bits per heavy atom. The number of nitrogens with zero attached hydrogens (tertiary/aromatic N) is 2. The minimum atomic E-state index is 0.270. The summed E-state index contributed by atoms with van der Waals surface area (Å²) in [6.45, 7) is 13.8. The molecule has 0 bridgehead atoms. The van der Waals surface area contributed by atoms with Gasteiger partial charge in [-0.1, -0.05) is 27.2 Å². The van der Waals surface area contributed by atoms with Crippen molar-refractivity contribution in [2.24, 2.45) is 5.73 Å². The van der Waals surface area contributed by atoms with E-state index >= 15 is 0 Å². The third kappa shape index (κ3) is 4.73. The number of likely N-dealkylation sites (N-methyl/N-ethyl adjacent to an activating group) is 1. The molecule has 1 saturated heterocycles. The van der Waals surface area contributed by atoms with Crippen molar-refractivity contribution in [2.45, 2.75) is 64.8 Å². The van der Waals surface area contributed by atoms with Crippen molar-refractivity contribution in [3.05, 3.63) is 0 Å². The Bertz CT molecular complexity index is 232. The molecule has 0 aromatic heterocycles. The van der Waals surface area contributed by atoms with Crippen molar-refractivity contribution >= 4 is 0 Å². The predicted octanol–water partition coefficient (Wildman–Crippen LogP) is 2.70. The molecule has 1 heterocycles. The van der Waals surface area contributed by atoms with Crippen LogP contribution in [0.4, 0.5) is 0 Å². The minimum absolute atomic E-state index is 0.270. The van der Waals surface area contributed by atoms with E-state index in [0.717, 1.165) is 13.1 Å². The number of hydrogen-bond donors (Lipinski definition) is 1. The lowest BCUT2D eigenvalue weighted by Crippen LogP contribution is -2.54. The third-order valence-electron chi connectivity index (χ3n) is 4.76. The summed E-state index contributed by atoms with van der Waals surface area (Å²) in [4.78, 5) is 5.30. The van der Waals surface area contributed by atoms with Crippen LogP contribution in [0, 0.1) is 0 Å². The molecule has 1 fully saturated rings. The quantitative estimate of drug-likeness (QED) is 0.735. The van der Waals surface area contributed by atoms with Crippen LogP contribution in [0.2, 0.25) is 0 Å². The van der Waals surface area contributed by atoms with Gasteiger partial charge in [-0.25, -0.2) is 0 Å². The van der Waals surface area contributed by atoms with E-state index in [1.165, 1.54) is 64.7 Å². The zero-order chi connectivity index (χ0) is 14.1. The zero-order valence-corrected chi connectivity index (χ0v) is 13.5. The van der Waals surface area contributed by atoms with Crippen molar-refractivity contribution in [1.29, 1.82) is 0 Å². The maximum atomic E-state index is 6.22. The molecule has 0 saturated carbocycles. The van der Waals surface area contributed by atoms with Crippen LogP contribution in [0.3, 0.4) is 0 Å². The summed E-state index contributed by atoms with van der Waals surface area (Å²) in [7, 11) is 0. The van der Waals surface area contributed by atoms with Gasteiger partial charge in [0.1, 0.15) is 0 Å². The molecule has 1 aliphatic heterocycles. The molecule has 2 N–H and O–H groups in total. The lowest BCUT2D eigenvalue weighted by atomic mass is 9.88. The van der Waals surface area contributed by atoms with E-state index in [-0.39, 0.29) is 5.54 Å². The Morgan fingerprint density at radius 1 is 1.11 bits per heavy atom. The van der Waals surface area contributed by atoms with Gasteiger partial charge in [-0.3, -0.25) is 4.90 Å². The molecule has 3 nitrogen and oxygen atoms in total. The molecule has 1 atom stereocenters. The standard InChI is InChI=1S/C16H35N3/c1-4-7-13-19(6-3)16(15-17)9-8-12-18(11-5-2)14-10-16/h4-15,17H2,1-3H3. The van der Waals surface area contributed by atoms with Crippen molar-refractivity contribution in [3.63, 3.8) is 0 Å². The molecule has 19 heavy (non-hydrogen) atoms. The first-order chi connectivity index (χ1) is 9.22. The van der Waals surface area contributed by atoms with Gasteiger partial charge in [0.25, 0.3) is 0 Å². The van der Waals surface area contributed by atoms with Crippen LogP contribution < -0.4 is 5.73 Å². The van der Waals surface area contributed by atoms with E-state index in [4.69, 9.17) is 5.73 Å². The molecular formula is C16H35N3. The molecule has 1 aliphatic rings. The number of unbranched alkanes of at least 4 members (excludes halogenated alkanes) is 1. The van der Waals surface area contributed by atoms with Gasteiger partial charge >= 0.3 is 0 Å². The highest BCUT2D eigenvalue weighted by molar-refractivity contribution is 4.94. The lowest BCUT2D eigenvalue weighted by molar-refractivity contribution is 0.0818. The largest absolute Gasteiger partial charge is 0.329 e. The Balaban J connectivity index is 2.66. The van der Waals surface area contributed by atoms with Gasteiger partial charge in [-0.05, 0) is 64.8 Å². The van der Waals surface area contributed by atoms with E-state index in [9.17, 15) is 0 Å². The zero-order valence-electron chi connectivity index (χ0n) is 13.5. The molecule has 0 aliphatic carbocycles. The summed E-state index contributed by atoms with van der Waals surface area (Å²) in [6.07, 6.45) is 7.68. The van der Waals surface area contributed by atoms with Crippen LogP contribution >= 0.6 is 0 Å². The van der Waals surface area contributed by atoms with Gasteiger partial charge in [0, 0.05) is 12.1 Å². The molecule has 0 amide bonds. The van der Waals surface area contributed by atoms with E-state index in [0.29, 0.717) is 0 Å². The average molecular weight is 269 g/mol. The van der Waals surface area contributed by atoms with Crippen molar-refractivity contribution in [2.75, 3.05) is 39.3 Å². The van der Waals surface area contributed by atoms with E-state index in [1.54, 1.807) is 0 Å². The van der Waals surface area contributed by atoms with Crippen LogP contribution in [0.1, 0.15) is 59.3 Å². The first-order valence-corrected chi connectivity index (χ1v) is 8.39. The first kappa shape index (κ1) is 16.9. The van der Waals surface area contributed by atoms with Crippen LogP contribution in [-0.4, -0.2) is 54.6 Å². The highest BCUT2D eigenvalue weighted by Crippen LogP contribution is 2.28. The number of hydrogen-bond acceptors (Lipinski definition) is 3. The molecular weight excluding hydrogens is 234 g/mol. The second kappa shape index (κ2) is 8.93. The number of nitrogens with two attached hydrogens (primary N) is 1. The fourth-order valence-electron chi connectivity index (χ4n) is 3.50. The van der Waals surface area contributed by atoms with Gasteiger partial charge in [0.15, 0.2) is 0 Å². The molecule has 3 heteroatoms. The third-order valence-corrected chi connectivity index (χ3v) is 4.76. The number of likely N-dealkylation sites (tertiary alicyclic amines) is 1. The van der Waals surface area contributed by atoms with Gasteiger partial charge in [-0.15, -0.1) is 0 Å². The molecule has 0 aromatic rings. The van der Waals surface area contributed by atoms with E-state index in [2.05, 4.69) is 30.6 Å². The van der Waals surface area contributed by atoms with Crippen molar-refractivity contribution in [3.8, 4) is 0 Å². The Morgan fingerprint density at radius 3 is 2.47 bits per heavy atom. The highest BCUT2D eigenvalue weighted by Gasteiger charge is 2.35. The molecule has 0 aromatic carbocycles. The molecule has 1 unspecified atom stereocenters. The fourth-order valence-corrected chi connectivity index (χ4v) is 3.50. The highest BCUT2D eigenvalue weighted by atomic mass is 15.2. The molecule has 1 rings (SSSR count). The van der Waals surface area contributed by atoms with Gasteiger partial charge in [0.05, 0.1) is 0 Å². The monoisotopic (exact) mass is 269 g/mol. The maximum absolute atomic E-state index is 6.22. The summed E-state index contributed by atoms with van der Waals surface area (Å²) in [5, 5.41) is 0. The first-order valence-electron chi connectivity index (χ1n) is 8.39. The van der Waals surface area contributed by atoms with Crippen LogP contribution in [0.15, 0.2) is 0 Å².